The number of halogens is 1. The lowest BCUT2D eigenvalue weighted by atomic mass is 10.1. The Morgan fingerprint density at radius 1 is 1.12 bits per heavy atom. The first kappa shape index (κ1) is 26.3. The van der Waals surface area contributed by atoms with Crippen LogP contribution in [-0.4, -0.2) is 65.2 Å². The van der Waals surface area contributed by atoms with Crippen LogP contribution in [0.2, 0.25) is 5.02 Å². The average molecular weight is 498 g/mol. The summed E-state index contributed by atoms with van der Waals surface area (Å²) in [4.78, 5) is 27.0. The SMILES string of the molecule is CNC(=O)C(C)N(Cc1cccc(OC)c1)C(=O)CN(c1ccc(OC)c(Cl)c1)S(C)(=O)=O. The standard InChI is InChI=1S/C22H28ClN3O6S/c1-15(22(28)24-2)25(13-16-7-6-8-18(11-16)31-3)21(27)14-26(33(5,29)30)17-9-10-20(32-4)19(23)12-17/h6-12,15H,13-14H2,1-5H3,(H,24,28). The highest BCUT2D eigenvalue weighted by Gasteiger charge is 2.30. The summed E-state index contributed by atoms with van der Waals surface area (Å²) >= 11 is 6.16. The third-order valence-electron chi connectivity index (χ3n) is 5.00. The van der Waals surface area contributed by atoms with E-state index in [0.29, 0.717) is 11.5 Å². The minimum absolute atomic E-state index is 0.0750. The number of ether oxygens (including phenoxy) is 2. The number of methoxy groups -OCH3 is 2. The van der Waals surface area contributed by atoms with Crippen LogP contribution in [0.15, 0.2) is 42.5 Å². The highest BCUT2D eigenvalue weighted by Crippen LogP contribution is 2.30. The van der Waals surface area contributed by atoms with Crippen LogP contribution in [0.1, 0.15) is 12.5 Å². The third-order valence-corrected chi connectivity index (χ3v) is 6.44. The molecule has 2 aromatic carbocycles. The second-order valence-corrected chi connectivity index (χ2v) is 9.57. The van der Waals surface area contributed by atoms with Crippen LogP contribution in [0.4, 0.5) is 5.69 Å². The topological polar surface area (TPSA) is 105 Å². The molecule has 9 nitrogen and oxygen atoms in total. The van der Waals surface area contributed by atoms with Crippen molar-refractivity contribution >= 4 is 39.1 Å². The molecule has 33 heavy (non-hydrogen) atoms. The minimum atomic E-state index is -3.85. The number of sulfonamides is 1. The zero-order valence-corrected chi connectivity index (χ0v) is 20.7. The number of amides is 2. The Morgan fingerprint density at radius 2 is 1.82 bits per heavy atom. The zero-order valence-electron chi connectivity index (χ0n) is 19.2. The maximum atomic E-state index is 13.4. The molecule has 2 aromatic rings. The van der Waals surface area contributed by atoms with Crippen LogP contribution in [0.5, 0.6) is 11.5 Å². The minimum Gasteiger partial charge on any atom is -0.497 e. The van der Waals surface area contributed by atoms with Crippen LogP contribution >= 0.6 is 11.6 Å². The van der Waals surface area contributed by atoms with Crippen molar-refractivity contribution in [2.75, 3.05) is 38.4 Å². The lowest BCUT2D eigenvalue weighted by molar-refractivity contribution is -0.139. The van der Waals surface area contributed by atoms with E-state index in [9.17, 15) is 18.0 Å². The van der Waals surface area contributed by atoms with Crippen molar-refractivity contribution in [1.82, 2.24) is 10.2 Å². The highest BCUT2D eigenvalue weighted by atomic mass is 35.5. The predicted molar refractivity (Wildman–Crippen MR) is 127 cm³/mol. The molecule has 0 aliphatic heterocycles. The van der Waals surface area contributed by atoms with Crippen LogP contribution in [-0.2, 0) is 26.2 Å². The molecule has 0 aromatic heterocycles. The van der Waals surface area contributed by atoms with Gasteiger partial charge in [0.25, 0.3) is 0 Å². The number of rotatable bonds is 10. The molecule has 0 aliphatic carbocycles. The summed E-state index contributed by atoms with van der Waals surface area (Å²) in [6.45, 7) is 1.13. The van der Waals surface area contributed by atoms with Gasteiger partial charge >= 0.3 is 0 Å². The Bertz CT molecular complexity index is 1110. The molecule has 1 N–H and O–H groups in total. The Labute approximate surface area is 199 Å². The fourth-order valence-electron chi connectivity index (χ4n) is 3.18. The van der Waals surface area contributed by atoms with E-state index in [1.807, 2.05) is 0 Å². The number of nitrogens with one attached hydrogen (secondary N) is 1. The number of nitrogens with zero attached hydrogens (tertiary/aromatic N) is 2. The number of hydrogen-bond acceptors (Lipinski definition) is 6. The number of carbonyl (C=O) groups is 2. The van der Waals surface area contributed by atoms with Gasteiger partial charge in [-0.05, 0) is 42.8 Å². The van der Waals surface area contributed by atoms with E-state index >= 15 is 0 Å². The number of anilines is 1. The van der Waals surface area contributed by atoms with Gasteiger partial charge in [0.05, 0.1) is 31.2 Å². The highest BCUT2D eigenvalue weighted by molar-refractivity contribution is 7.92. The van der Waals surface area contributed by atoms with Crippen LogP contribution in [0.25, 0.3) is 0 Å². The maximum absolute atomic E-state index is 13.4. The molecule has 0 radical (unpaired) electrons. The molecule has 0 bridgehead atoms. The fourth-order valence-corrected chi connectivity index (χ4v) is 4.28. The molecule has 1 unspecified atom stereocenters. The molecule has 0 saturated carbocycles. The first-order valence-corrected chi connectivity index (χ1v) is 12.2. The summed E-state index contributed by atoms with van der Waals surface area (Å²) in [6.07, 6.45) is 0.993. The van der Waals surface area contributed by atoms with Crippen molar-refractivity contribution in [3.05, 3.63) is 53.1 Å². The van der Waals surface area contributed by atoms with Crippen molar-refractivity contribution in [2.45, 2.75) is 19.5 Å². The molecule has 0 saturated heterocycles. The molecule has 0 heterocycles. The summed E-state index contributed by atoms with van der Waals surface area (Å²) in [5, 5.41) is 2.72. The number of benzene rings is 2. The molecule has 11 heteroatoms. The predicted octanol–water partition coefficient (Wildman–Crippen LogP) is 2.29. The molecule has 1 atom stereocenters. The Kier molecular flexibility index (Phi) is 8.95. The Morgan fingerprint density at radius 3 is 2.36 bits per heavy atom. The van der Waals surface area contributed by atoms with E-state index in [1.165, 1.54) is 44.4 Å². The van der Waals surface area contributed by atoms with Crippen LogP contribution in [0, 0.1) is 0 Å². The smallest absolute Gasteiger partial charge is 0.244 e. The molecular formula is C22H28ClN3O6S. The van der Waals surface area contributed by atoms with Crippen molar-refractivity contribution in [3.8, 4) is 11.5 Å². The Balaban J connectivity index is 2.41. The van der Waals surface area contributed by atoms with E-state index in [4.69, 9.17) is 21.1 Å². The first-order valence-electron chi connectivity index (χ1n) is 9.97. The fraction of sp³-hybridized carbons (Fsp3) is 0.364. The van der Waals surface area contributed by atoms with Crippen molar-refractivity contribution in [2.24, 2.45) is 0 Å². The molecule has 180 valence electrons. The molecule has 0 spiro atoms. The quantitative estimate of drug-likeness (QED) is 0.540. The average Bonchev–Trinajstić information content (AvgIpc) is 2.79. The zero-order chi connectivity index (χ0) is 24.8. The normalized spacial score (nSPS) is 11.9. The van der Waals surface area contributed by atoms with E-state index < -0.39 is 28.5 Å². The van der Waals surface area contributed by atoms with Gasteiger partial charge in [-0.2, -0.15) is 0 Å². The van der Waals surface area contributed by atoms with Crippen LogP contribution < -0.4 is 19.1 Å². The molecule has 2 rings (SSSR count). The number of carbonyl (C=O) groups excluding carboxylic acids is 2. The lowest BCUT2D eigenvalue weighted by Crippen LogP contribution is -2.50. The van der Waals surface area contributed by atoms with E-state index in [1.54, 1.807) is 31.2 Å². The van der Waals surface area contributed by atoms with Gasteiger partial charge in [-0.1, -0.05) is 23.7 Å². The molecule has 0 aliphatic rings. The van der Waals surface area contributed by atoms with E-state index in [2.05, 4.69) is 5.32 Å². The lowest BCUT2D eigenvalue weighted by Gasteiger charge is -2.31. The maximum Gasteiger partial charge on any atom is 0.244 e. The van der Waals surface area contributed by atoms with Crippen molar-refractivity contribution in [1.29, 1.82) is 0 Å². The molecule has 2 amide bonds. The number of likely N-dealkylation sites (N-methyl/N-ethyl adjacent to an activating group) is 1. The summed E-state index contributed by atoms with van der Waals surface area (Å²) in [5.41, 5.74) is 0.919. The summed E-state index contributed by atoms with van der Waals surface area (Å²) < 4.78 is 36.4. The van der Waals surface area contributed by atoms with Gasteiger partial charge in [0.2, 0.25) is 21.8 Å². The second-order valence-electron chi connectivity index (χ2n) is 7.25. The van der Waals surface area contributed by atoms with Crippen molar-refractivity contribution in [3.63, 3.8) is 0 Å². The van der Waals surface area contributed by atoms with Gasteiger partial charge in [0.1, 0.15) is 24.1 Å². The van der Waals surface area contributed by atoms with Gasteiger partial charge in [-0.3, -0.25) is 13.9 Å². The van der Waals surface area contributed by atoms with Crippen LogP contribution in [0.3, 0.4) is 0 Å². The molecule has 0 fully saturated rings. The van der Waals surface area contributed by atoms with Crippen molar-refractivity contribution < 1.29 is 27.5 Å². The third kappa shape index (κ3) is 6.75. The molecular weight excluding hydrogens is 470 g/mol. The van der Waals surface area contributed by atoms with Gasteiger partial charge in [-0.25, -0.2) is 8.42 Å². The van der Waals surface area contributed by atoms with E-state index in [-0.39, 0.29) is 23.2 Å². The largest absolute Gasteiger partial charge is 0.497 e. The van der Waals surface area contributed by atoms with E-state index in [0.717, 1.165) is 16.1 Å². The summed E-state index contributed by atoms with van der Waals surface area (Å²) in [5.74, 6) is 0.0159. The van der Waals surface area contributed by atoms with Gasteiger partial charge in [-0.15, -0.1) is 0 Å². The monoisotopic (exact) mass is 497 g/mol. The Hall–Kier alpha value is -2.98. The first-order chi connectivity index (χ1) is 15.5. The number of hydrogen-bond donors (Lipinski definition) is 1. The summed E-state index contributed by atoms with van der Waals surface area (Å²) in [7, 11) is 0.582. The van der Waals surface area contributed by atoms with Gasteiger partial charge < -0.3 is 19.7 Å². The summed E-state index contributed by atoms with van der Waals surface area (Å²) in [6, 6.07) is 10.6. The van der Waals surface area contributed by atoms with Gasteiger partial charge in [0, 0.05) is 13.6 Å². The second kappa shape index (κ2) is 11.2. The van der Waals surface area contributed by atoms with Gasteiger partial charge in [0.15, 0.2) is 0 Å².